The number of benzene rings is 3. The van der Waals surface area contributed by atoms with E-state index in [1.807, 2.05) is 72.8 Å². The Balaban J connectivity index is 1.68. The third-order valence-electron chi connectivity index (χ3n) is 4.63. The molecule has 0 bridgehead atoms. The van der Waals surface area contributed by atoms with E-state index in [2.05, 4.69) is 0 Å². The van der Waals surface area contributed by atoms with Gasteiger partial charge in [0.15, 0.2) is 11.5 Å². The monoisotopic (exact) mass is 371 g/mol. The maximum atomic E-state index is 6.15. The van der Waals surface area contributed by atoms with Gasteiger partial charge in [0.2, 0.25) is 6.79 Å². The molecule has 5 nitrogen and oxygen atoms in total. The summed E-state index contributed by atoms with van der Waals surface area (Å²) in [6, 6.07) is 23.2. The Labute approximate surface area is 161 Å². The third kappa shape index (κ3) is 2.97. The van der Waals surface area contributed by atoms with E-state index in [1.54, 1.807) is 7.11 Å². The third-order valence-corrected chi connectivity index (χ3v) is 4.63. The lowest BCUT2D eigenvalue weighted by molar-refractivity contribution is 0.174. The highest BCUT2D eigenvalue weighted by Gasteiger charge is 2.15. The molecule has 0 unspecified atom stereocenters. The van der Waals surface area contributed by atoms with Gasteiger partial charge >= 0.3 is 0 Å². The first-order chi connectivity index (χ1) is 13.8. The van der Waals surface area contributed by atoms with Crippen LogP contribution in [-0.2, 0) is 0 Å². The fraction of sp³-hybridized carbons (Fsp3) is 0.0870. The summed E-state index contributed by atoms with van der Waals surface area (Å²) in [5.74, 6) is 2.97. The zero-order valence-corrected chi connectivity index (χ0v) is 15.2. The number of fused-ring (bicyclic) bond motifs is 2. The molecule has 5 rings (SSSR count). The number of ether oxygens (including phenoxy) is 3. The van der Waals surface area contributed by atoms with Crippen LogP contribution in [0.3, 0.4) is 0 Å². The van der Waals surface area contributed by atoms with Gasteiger partial charge in [-0.05, 0) is 54.6 Å². The number of hydrogen-bond donors (Lipinski definition) is 0. The van der Waals surface area contributed by atoms with Crippen molar-refractivity contribution in [3.63, 3.8) is 0 Å². The van der Waals surface area contributed by atoms with Crippen LogP contribution in [0.4, 0.5) is 5.69 Å². The summed E-state index contributed by atoms with van der Waals surface area (Å²) >= 11 is 0. The molecule has 0 N–H and O–H groups in total. The topological polar surface area (TPSA) is 53.2 Å². The molecule has 0 saturated carbocycles. The van der Waals surface area contributed by atoms with Crippen molar-refractivity contribution >= 4 is 16.7 Å². The predicted molar refractivity (Wildman–Crippen MR) is 106 cm³/mol. The molecule has 0 amide bonds. The van der Waals surface area contributed by atoms with Crippen molar-refractivity contribution in [2.24, 2.45) is 4.99 Å². The number of para-hydroxylation sites is 1. The van der Waals surface area contributed by atoms with Crippen molar-refractivity contribution in [3.8, 4) is 28.6 Å². The first-order valence-corrected chi connectivity index (χ1v) is 8.92. The first kappa shape index (κ1) is 16.4. The molecule has 0 radical (unpaired) electrons. The average Bonchev–Trinajstić information content (AvgIpc) is 3.22. The molecule has 4 aromatic rings. The van der Waals surface area contributed by atoms with E-state index >= 15 is 0 Å². The van der Waals surface area contributed by atoms with E-state index in [9.17, 15) is 0 Å². The van der Waals surface area contributed by atoms with Crippen molar-refractivity contribution in [2.75, 3.05) is 13.9 Å². The fourth-order valence-corrected chi connectivity index (χ4v) is 3.20. The normalized spacial score (nSPS) is 13.1. The van der Waals surface area contributed by atoms with E-state index in [1.165, 1.54) is 0 Å². The average molecular weight is 371 g/mol. The maximum absolute atomic E-state index is 6.15. The van der Waals surface area contributed by atoms with Gasteiger partial charge in [-0.15, -0.1) is 0 Å². The van der Waals surface area contributed by atoms with Crippen molar-refractivity contribution in [1.29, 1.82) is 0 Å². The van der Waals surface area contributed by atoms with E-state index < -0.39 is 0 Å². The molecule has 28 heavy (non-hydrogen) atoms. The standard InChI is InChI=1S/C23H17NO4/c1-25-17-9-7-16(8-10-17)24-19-13-22(28-20-5-3-2-4-18(19)20)15-6-11-21-23(12-15)27-14-26-21/h2-13H,14H2,1H3. The summed E-state index contributed by atoms with van der Waals surface area (Å²) in [6.07, 6.45) is 0. The minimum atomic E-state index is 0.242. The van der Waals surface area contributed by atoms with Crippen LogP contribution in [-0.4, -0.2) is 13.9 Å². The summed E-state index contributed by atoms with van der Waals surface area (Å²) in [6.45, 7) is 0.242. The van der Waals surface area contributed by atoms with Gasteiger partial charge in [0.05, 0.1) is 18.2 Å². The van der Waals surface area contributed by atoms with Crippen LogP contribution in [0.5, 0.6) is 17.2 Å². The van der Waals surface area contributed by atoms with Gasteiger partial charge in [-0.1, -0.05) is 12.1 Å². The summed E-state index contributed by atoms with van der Waals surface area (Å²) < 4.78 is 22.3. The first-order valence-electron chi connectivity index (χ1n) is 8.92. The molecule has 5 heteroatoms. The molecule has 0 atom stereocenters. The predicted octanol–water partition coefficient (Wildman–Crippen LogP) is 5.07. The van der Waals surface area contributed by atoms with E-state index in [-0.39, 0.29) is 6.79 Å². The summed E-state index contributed by atoms with van der Waals surface area (Å²) in [5, 5.41) is 1.78. The Bertz CT molecular complexity index is 1230. The minimum Gasteiger partial charge on any atom is -0.497 e. The lowest BCUT2D eigenvalue weighted by Gasteiger charge is -2.06. The molecule has 0 aliphatic carbocycles. The molecule has 1 aromatic heterocycles. The van der Waals surface area contributed by atoms with Crippen LogP contribution in [0.15, 0.2) is 82.2 Å². The van der Waals surface area contributed by atoms with Crippen molar-refractivity contribution in [1.82, 2.24) is 0 Å². The van der Waals surface area contributed by atoms with Gasteiger partial charge in [-0.25, -0.2) is 4.99 Å². The van der Waals surface area contributed by atoms with Crippen LogP contribution in [0, 0.1) is 0 Å². The van der Waals surface area contributed by atoms with Crippen molar-refractivity contribution < 1.29 is 18.6 Å². The van der Waals surface area contributed by atoms with Gasteiger partial charge in [-0.2, -0.15) is 0 Å². The second kappa shape index (κ2) is 6.78. The lowest BCUT2D eigenvalue weighted by Crippen LogP contribution is -2.03. The Kier molecular flexibility index (Phi) is 3.98. The van der Waals surface area contributed by atoms with Crippen molar-refractivity contribution in [2.45, 2.75) is 0 Å². The fourth-order valence-electron chi connectivity index (χ4n) is 3.20. The van der Waals surface area contributed by atoms with Gasteiger partial charge in [0.25, 0.3) is 0 Å². The van der Waals surface area contributed by atoms with Crippen LogP contribution >= 0.6 is 0 Å². The number of rotatable bonds is 3. The number of nitrogens with zero attached hydrogens (tertiary/aromatic N) is 1. The van der Waals surface area contributed by atoms with Crippen LogP contribution in [0.2, 0.25) is 0 Å². The zero-order chi connectivity index (χ0) is 18.9. The maximum Gasteiger partial charge on any atom is 0.231 e. The Morgan fingerprint density at radius 1 is 0.857 bits per heavy atom. The van der Waals surface area contributed by atoms with Crippen LogP contribution in [0.1, 0.15) is 0 Å². The zero-order valence-electron chi connectivity index (χ0n) is 15.2. The molecular formula is C23H17NO4. The lowest BCUT2D eigenvalue weighted by atomic mass is 10.1. The SMILES string of the molecule is COc1ccc(N=c2cc(-c3ccc4c(c3)OCO4)oc3ccccc23)cc1. The second-order valence-corrected chi connectivity index (χ2v) is 6.37. The Morgan fingerprint density at radius 2 is 1.68 bits per heavy atom. The van der Waals surface area contributed by atoms with Crippen LogP contribution in [0.25, 0.3) is 22.3 Å². The van der Waals surface area contributed by atoms with Crippen LogP contribution < -0.4 is 19.6 Å². The van der Waals surface area contributed by atoms with Gasteiger partial charge < -0.3 is 18.6 Å². The molecule has 138 valence electrons. The highest BCUT2D eigenvalue weighted by molar-refractivity contribution is 5.79. The molecular weight excluding hydrogens is 354 g/mol. The van der Waals surface area contributed by atoms with Gasteiger partial charge in [-0.3, -0.25) is 0 Å². The number of methoxy groups -OCH3 is 1. The molecule has 1 aliphatic rings. The molecule has 0 fully saturated rings. The summed E-state index contributed by atoms with van der Waals surface area (Å²) in [7, 11) is 1.65. The Morgan fingerprint density at radius 3 is 2.54 bits per heavy atom. The molecule has 0 spiro atoms. The highest BCUT2D eigenvalue weighted by Crippen LogP contribution is 2.36. The summed E-state index contributed by atoms with van der Waals surface area (Å²) in [5.41, 5.74) is 2.51. The molecule has 1 aliphatic heterocycles. The van der Waals surface area contributed by atoms with E-state index in [0.717, 1.165) is 44.8 Å². The minimum absolute atomic E-state index is 0.242. The quantitative estimate of drug-likeness (QED) is 0.505. The number of hydrogen-bond acceptors (Lipinski definition) is 5. The molecule has 2 heterocycles. The summed E-state index contributed by atoms with van der Waals surface area (Å²) in [4.78, 5) is 4.83. The van der Waals surface area contributed by atoms with E-state index in [0.29, 0.717) is 5.76 Å². The van der Waals surface area contributed by atoms with E-state index in [4.69, 9.17) is 23.6 Å². The van der Waals surface area contributed by atoms with Crippen molar-refractivity contribution in [3.05, 3.63) is 78.2 Å². The van der Waals surface area contributed by atoms with Gasteiger partial charge in [0, 0.05) is 17.0 Å². The smallest absolute Gasteiger partial charge is 0.231 e. The second-order valence-electron chi connectivity index (χ2n) is 6.37. The largest absolute Gasteiger partial charge is 0.497 e. The molecule has 3 aromatic carbocycles. The molecule has 0 saturated heterocycles. The highest BCUT2D eigenvalue weighted by atomic mass is 16.7. The Hall–Kier alpha value is -3.73. The van der Waals surface area contributed by atoms with Gasteiger partial charge in [0.1, 0.15) is 17.1 Å².